The van der Waals surface area contributed by atoms with Gasteiger partial charge in [-0.05, 0) is 38.0 Å². The summed E-state index contributed by atoms with van der Waals surface area (Å²) in [5.74, 6) is 0.446. The van der Waals surface area contributed by atoms with E-state index in [2.05, 4.69) is 9.97 Å². The number of fused-ring (bicyclic) bond motifs is 1. The van der Waals surface area contributed by atoms with Crippen molar-refractivity contribution in [2.24, 2.45) is 0 Å². The average Bonchev–Trinajstić information content (AvgIpc) is 2.54. The van der Waals surface area contributed by atoms with Crippen molar-refractivity contribution in [3.63, 3.8) is 0 Å². The molecule has 0 N–H and O–H groups in total. The Kier molecular flexibility index (Phi) is 4.34. The van der Waals surface area contributed by atoms with Crippen molar-refractivity contribution in [1.29, 1.82) is 0 Å². The molecule has 0 atom stereocenters. The maximum Gasteiger partial charge on any atom is 0.213 e. The van der Waals surface area contributed by atoms with E-state index in [0.717, 1.165) is 23.9 Å². The number of halogens is 1. The number of hydrogen-bond acceptors (Lipinski definition) is 4. The van der Waals surface area contributed by atoms with Crippen LogP contribution >= 0.6 is 11.6 Å². The highest BCUT2D eigenvalue weighted by atomic mass is 35.5. The van der Waals surface area contributed by atoms with Crippen molar-refractivity contribution in [3.05, 3.63) is 35.1 Å². The minimum Gasteiger partial charge on any atom is -0.235 e. The van der Waals surface area contributed by atoms with Crippen LogP contribution in [0, 0.1) is 0 Å². The van der Waals surface area contributed by atoms with Crippen molar-refractivity contribution in [1.82, 2.24) is 14.3 Å². The van der Waals surface area contributed by atoms with E-state index < -0.39 is 10.0 Å². The largest absolute Gasteiger partial charge is 0.235 e. The lowest BCUT2D eigenvalue weighted by molar-refractivity contribution is 0.317. The van der Waals surface area contributed by atoms with Crippen LogP contribution in [-0.2, 0) is 10.0 Å². The number of rotatable bonds is 3. The van der Waals surface area contributed by atoms with Gasteiger partial charge >= 0.3 is 0 Å². The van der Waals surface area contributed by atoms with Gasteiger partial charge in [-0.25, -0.2) is 22.7 Å². The normalized spacial score (nSPS) is 17.9. The topological polar surface area (TPSA) is 63.2 Å². The highest BCUT2D eigenvalue weighted by Crippen LogP contribution is 2.29. The SMILES string of the molecule is CCS(=O)(=O)N1CCC(c2ccc3cc(Cl)cnc3n2)CC1. The summed E-state index contributed by atoms with van der Waals surface area (Å²) in [6.07, 6.45) is 3.19. The van der Waals surface area contributed by atoms with Gasteiger partial charge in [0.15, 0.2) is 5.65 Å². The van der Waals surface area contributed by atoms with Gasteiger partial charge in [0, 0.05) is 36.3 Å². The molecule has 0 radical (unpaired) electrons. The molecule has 1 saturated heterocycles. The molecule has 5 nitrogen and oxygen atoms in total. The van der Waals surface area contributed by atoms with E-state index in [4.69, 9.17) is 11.6 Å². The van der Waals surface area contributed by atoms with Crippen LogP contribution in [0.1, 0.15) is 31.4 Å². The van der Waals surface area contributed by atoms with Crippen LogP contribution in [0.5, 0.6) is 0 Å². The Bertz CT molecular complexity index is 786. The van der Waals surface area contributed by atoms with E-state index in [1.54, 1.807) is 17.4 Å². The Labute approximate surface area is 135 Å². The molecule has 0 bridgehead atoms. The maximum atomic E-state index is 11.9. The lowest BCUT2D eigenvalue weighted by atomic mass is 9.94. The second kappa shape index (κ2) is 6.10. The number of sulfonamides is 1. The lowest BCUT2D eigenvalue weighted by Gasteiger charge is -2.30. The molecule has 7 heteroatoms. The first-order chi connectivity index (χ1) is 10.5. The molecule has 0 aliphatic carbocycles. The number of piperidine rings is 1. The summed E-state index contributed by atoms with van der Waals surface area (Å²) < 4.78 is 25.4. The molecule has 2 aromatic rings. The zero-order chi connectivity index (χ0) is 15.7. The molecule has 2 aromatic heterocycles. The minimum absolute atomic E-state index is 0.163. The Balaban J connectivity index is 1.78. The van der Waals surface area contributed by atoms with Gasteiger partial charge in [-0.15, -0.1) is 0 Å². The van der Waals surface area contributed by atoms with Crippen molar-refractivity contribution in [2.75, 3.05) is 18.8 Å². The summed E-state index contributed by atoms with van der Waals surface area (Å²) in [4.78, 5) is 8.86. The molecule has 3 rings (SSSR count). The van der Waals surface area contributed by atoms with Gasteiger partial charge in [0.25, 0.3) is 0 Å². The maximum absolute atomic E-state index is 11.9. The van der Waals surface area contributed by atoms with E-state index in [1.165, 1.54) is 0 Å². The number of aromatic nitrogens is 2. The van der Waals surface area contributed by atoms with Gasteiger partial charge in [0.05, 0.1) is 10.8 Å². The molecule has 1 aliphatic heterocycles. The molecule has 0 aromatic carbocycles. The van der Waals surface area contributed by atoms with E-state index in [0.29, 0.717) is 23.8 Å². The van der Waals surface area contributed by atoms with Crippen LogP contribution in [0.15, 0.2) is 24.4 Å². The van der Waals surface area contributed by atoms with Crippen molar-refractivity contribution >= 4 is 32.7 Å². The first-order valence-electron chi connectivity index (χ1n) is 7.39. The van der Waals surface area contributed by atoms with Gasteiger partial charge in [-0.2, -0.15) is 0 Å². The average molecular weight is 340 g/mol. The molecule has 0 spiro atoms. The third-order valence-electron chi connectivity index (χ3n) is 4.16. The Morgan fingerprint density at radius 2 is 2.05 bits per heavy atom. The van der Waals surface area contributed by atoms with Gasteiger partial charge in [0.1, 0.15) is 0 Å². The summed E-state index contributed by atoms with van der Waals surface area (Å²) >= 11 is 5.93. The zero-order valence-electron chi connectivity index (χ0n) is 12.4. The van der Waals surface area contributed by atoms with Gasteiger partial charge < -0.3 is 0 Å². The van der Waals surface area contributed by atoms with E-state index in [9.17, 15) is 8.42 Å². The first-order valence-corrected chi connectivity index (χ1v) is 9.38. The van der Waals surface area contributed by atoms with Gasteiger partial charge in [-0.3, -0.25) is 0 Å². The fraction of sp³-hybridized carbons (Fsp3) is 0.467. The zero-order valence-corrected chi connectivity index (χ0v) is 13.9. The highest BCUT2D eigenvalue weighted by Gasteiger charge is 2.28. The molecule has 1 fully saturated rings. The number of nitrogens with zero attached hydrogens (tertiary/aromatic N) is 3. The van der Waals surface area contributed by atoms with Crippen LogP contribution in [0.4, 0.5) is 0 Å². The third-order valence-corrected chi connectivity index (χ3v) is 6.25. The van der Waals surface area contributed by atoms with Crippen LogP contribution in [0.2, 0.25) is 5.02 Å². The molecular weight excluding hydrogens is 322 g/mol. The Hall–Kier alpha value is -1.24. The van der Waals surface area contributed by atoms with Gasteiger partial charge in [-0.1, -0.05) is 11.6 Å². The smallest absolute Gasteiger partial charge is 0.213 e. The fourth-order valence-electron chi connectivity index (χ4n) is 2.84. The predicted octanol–water partition coefficient (Wildman–Crippen LogP) is 2.81. The lowest BCUT2D eigenvalue weighted by Crippen LogP contribution is -2.38. The Morgan fingerprint density at radius 1 is 1.32 bits per heavy atom. The number of hydrogen-bond donors (Lipinski definition) is 0. The molecule has 0 saturated carbocycles. The standard InChI is InChI=1S/C15H18ClN3O2S/c1-2-22(20,21)19-7-5-11(6-8-19)14-4-3-12-9-13(16)10-17-15(12)18-14/h3-4,9-11H,2,5-8H2,1H3. The van der Waals surface area contributed by atoms with Crippen LogP contribution in [0.25, 0.3) is 11.0 Å². The van der Waals surface area contributed by atoms with Crippen LogP contribution < -0.4 is 0 Å². The highest BCUT2D eigenvalue weighted by molar-refractivity contribution is 7.89. The fourth-order valence-corrected chi connectivity index (χ4v) is 4.14. The molecule has 1 aliphatic rings. The Morgan fingerprint density at radius 3 is 2.73 bits per heavy atom. The monoisotopic (exact) mass is 339 g/mol. The summed E-state index contributed by atoms with van der Waals surface area (Å²) in [5.41, 5.74) is 1.67. The summed E-state index contributed by atoms with van der Waals surface area (Å²) in [7, 11) is -3.08. The molecule has 0 unspecified atom stereocenters. The van der Waals surface area contributed by atoms with E-state index >= 15 is 0 Å². The van der Waals surface area contributed by atoms with Crippen LogP contribution in [-0.4, -0.2) is 41.5 Å². The van der Waals surface area contributed by atoms with Crippen molar-refractivity contribution in [3.8, 4) is 0 Å². The third kappa shape index (κ3) is 3.09. The first kappa shape index (κ1) is 15.6. The second-order valence-electron chi connectivity index (χ2n) is 5.51. The van der Waals surface area contributed by atoms with E-state index in [1.807, 2.05) is 18.2 Å². The molecular formula is C15H18ClN3O2S. The second-order valence-corrected chi connectivity index (χ2v) is 8.20. The summed E-state index contributed by atoms with van der Waals surface area (Å²) in [6, 6.07) is 5.82. The molecule has 22 heavy (non-hydrogen) atoms. The number of pyridine rings is 2. The van der Waals surface area contributed by atoms with Gasteiger partial charge in [0.2, 0.25) is 10.0 Å². The van der Waals surface area contributed by atoms with Crippen LogP contribution in [0.3, 0.4) is 0 Å². The van der Waals surface area contributed by atoms with Crippen molar-refractivity contribution in [2.45, 2.75) is 25.7 Å². The molecule has 3 heterocycles. The molecule has 0 amide bonds. The van der Waals surface area contributed by atoms with E-state index in [-0.39, 0.29) is 11.7 Å². The molecule has 118 valence electrons. The predicted molar refractivity (Wildman–Crippen MR) is 87.6 cm³/mol. The summed E-state index contributed by atoms with van der Waals surface area (Å²) in [6.45, 7) is 2.81. The van der Waals surface area contributed by atoms with Crippen molar-refractivity contribution < 1.29 is 8.42 Å². The minimum atomic E-state index is -3.08. The quantitative estimate of drug-likeness (QED) is 0.862. The summed E-state index contributed by atoms with van der Waals surface area (Å²) in [5, 5.41) is 1.52.